The molecule has 6 nitrogen and oxygen atoms in total. The number of hydrogen-bond acceptors (Lipinski definition) is 3. The molecule has 0 aliphatic heterocycles. The second kappa shape index (κ2) is 11.3. The van der Waals surface area contributed by atoms with E-state index >= 15 is 0 Å². The normalized spacial score (nSPS) is 18.7. The highest BCUT2D eigenvalue weighted by atomic mass is 16.2. The Balaban J connectivity index is 1.66. The zero-order chi connectivity index (χ0) is 22.1. The molecule has 0 spiro atoms. The van der Waals surface area contributed by atoms with Gasteiger partial charge in [0.05, 0.1) is 0 Å². The van der Waals surface area contributed by atoms with Gasteiger partial charge in [-0.05, 0) is 50.3 Å². The van der Waals surface area contributed by atoms with Crippen LogP contribution in [0.4, 0.5) is 5.69 Å². The smallest absolute Gasteiger partial charge is 0.252 e. The van der Waals surface area contributed by atoms with Gasteiger partial charge < -0.3 is 16.0 Å². The van der Waals surface area contributed by atoms with Gasteiger partial charge in [-0.1, -0.05) is 57.9 Å². The van der Waals surface area contributed by atoms with E-state index in [4.69, 9.17) is 0 Å². The summed E-state index contributed by atoms with van der Waals surface area (Å²) in [5.41, 5.74) is 0.255. The summed E-state index contributed by atoms with van der Waals surface area (Å²) in [5, 5.41) is 9.05. The van der Waals surface area contributed by atoms with Gasteiger partial charge in [-0.3, -0.25) is 14.4 Å². The Kier molecular flexibility index (Phi) is 8.50. The molecule has 0 heterocycles. The second-order valence-corrected chi connectivity index (χ2v) is 9.11. The van der Waals surface area contributed by atoms with Gasteiger partial charge in [-0.25, -0.2) is 0 Å². The first-order valence-corrected chi connectivity index (χ1v) is 12.1. The third-order valence-electron chi connectivity index (χ3n) is 6.68. The quantitative estimate of drug-likeness (QED) is 0.532. The van der Waals surface area contributed by atoms with Crippen molar-refractivity contribution in [2.24, 2.45) is 5.92 Å². The van der Waals surface area contributed by atoms with Gasteiger partial charge in [0.2, 0.25) is 11.8 Å². The Morgan fingerprint density at radius 3 is 2.42 bits per heavy atom. The minimum absolute atomic E-state index is 0.0383. The van der Waals surface area contributed by atoms with Gasteiger partial charge in [0.15, 0.2) is 0 Å². The molecule has 0 atom stereocenters. The highest BCUT2D eigenvalue weighted by Gasteiger charge is 2.40. The molecule has 0 aromatic heterocycles. The molecule has 3 N–H and O–H groups in total. The van der Waals surface area contributed by atoms with Crippen LogP contribution < -0.4 is 16.0 Å². The summed E-state index contributed by atoms with van der Waals surface area (Å²) < 4.78 is 0. The fraction of sp³-hybridized carbons (Fsp3) is 0.640. The number of amides is 3. The molecule has 1 aromatic rings. The lowest BCUT2D eigenvalue weighted by atomic mass is 9.80. The Hall–Kier alpha value is -2.37. The van der Waals surface area contributed by atoms with E-state index in [1.165, 1.54) is 6.42 Å². The summed E-state index contributed by atoms with van der Waals surface area (Å²) in [4.78, 5) is 38.6. The Morgan fingerprint density at radius 2 is 1.71 bits per heavy atom. The van der Waals surface area contributed by atoms with E-state index < -0.39 is 5.54 Å². The summed E-state index contributed by atoms with van der Waals surface area (Å²) in [7, 11) is 0. The highest BCUT2D eigenvalue weighted by molar-refractivity contribution is 6.01. The van der Waals surface area contributed by atoms with E-state index in [0.29, 0.717) is 30.6 Å². The zero-order valence-corrected chi connectivity index (χ0v) is 18.8. The minimum atomic E-state index is -0.843. The van der Waals surface area contributed by atoms with Crippen LogP contribution in [0.25, 0.3) is 0 Å². The maximum atomic E-state index is 13.1. The Labute approximate surface area is 185 Å². The van der Waals surface area contributed by atoms with Crippen molar-refractivity contribution in [2.45, 2.75) is 89.5 Å². The average molecular weight is 428 g/mol. The van der Waals surface area contributed by atoms with Gasteiger partial charge in [-0.2, -0.15) is 0 Å². The van der Waals surface area contributed by atoms with Crippen LogP contribution in [0.3, 0.4) is 0 Å². The lowest BCUT2D eigenvalue weighted by Crippen LogP contribution is -2.59. The summed E-state index contributed by atoms with van der Waals surface area (Å²) >= 11 is 0. The molecule has 3 amide bonds. The Morgan fingerprint density at radius 1 is 1.00 bits per heavy atom. The van der Waals surface area contributed by atoms with E-state index in [1.807, 2.05) is 6.07 Å². The minimum Gasteiger partial charge on any atom is -0.354 e. The molecule has 6 heteroatoms. The number of rotatable bonds is 8. The first-order chi connectivity index (χ1) is 15.0. The van der Waals surface area contributed by atoms with Crippen LogP contribution in [-0.2, 0) is 9.59 Å². The predicted molar refractivity (Wildman–Crippen MR) is 123 cm³/mol. The largest absolute Gasteiger partial charge is 0.354 e. The monoisotopic (exact) mass is 427 g/mol. The van der Waals surface area contributed by atoms with Crippen molar-refractivity contribution < 1.29 is 14.4 Å². The molecule has 0 radical (unpaired) electrons. The van der Waals surface area contributed by atoms with Crippen molar-refractivity contribution in [1.82, 2.24) is 10.6 Å². The number of benzene rings is 1. The molecule has 0 unspecified atom stereocenters. The van der Waals surface area contributed by atoms with Crippen molar-refractivity contribution in [1.29, 1.82) is 0 Å². The van der Waals surface area contributed by atoms with Gasteiger partial charge >= 0.3 is 0 Å². The van der Waals surface area contributed by atoms with E-state index in [2.05, 4.69) is 22.9 Å². The van der Waals surface area contributed by atoms with Crippen LogP contribution >= 0.6 is 0 Å². The van der Waals surface area contributed by atoms with Gasteiger partial charge in [-0.15, -0.1) is 0 Å². The first-order valence-electron chi connectivity index (χ1n) is 12.1. The number of nitrogens with one attached hydrogen (secondary N) is 3. The molecular formula is C25H37N3O3. The SMILES string of the molecule is CCCCNC(=O)C1(NC(=O)c2cccc(NC(=O)C3CCCCC3)c2)CCCCC1. The maximum Gasteiger partial charge on any atom is 0.252 e. The summed E-state index contributed by atoms with van der Waals surface area (Å²) in [6.45, 7) is 2.72. The fourth-order valence-electron chi connectivity index (χ4n) is 4.75. The molecule has 170 valence electrons. The number of unbranched alkanes of at least 4 members (excludes halogenated alkanes) is 1. The van der Waals surface area contributed by atoms with E-state index in [-0.39, 0.29) is 23.6 Å². The van der Waals surface area contributed by atoms with Crippen LogP contribution in [0.5, 0.6) is 0 Å². The lowest BCUT2D eigenvalue weighted by molar-refractivity contribution is -0.128. The summed E-state index contributed by atoms with van der Waals surface area (Å²) in [6, 6.07) is 7.03. The highest BCUT2D eigenvalue weighted by Crippen LogP contribution is 2.29. The third-order valence-corrected chi connectivity index (χ3v) is 6.68. The van der Waals surface area contributed by atoms with E-state index in [9.17, 15) is 14.4 Å². The maximum absolute atomic E-state index is 13.1. The van der Waals surface area contributed by atoms with Crippen molar-refractivity contribution in [2.75, 3.05) is 11.9 Å². The van der Waals surface area contributed by atoms with Crippen molar-refractivity contribution in [3.8, 4) is 0 Å². The van der Waals surface area contributed by atoms with Gasteiger partial charge in [0.1, 0.15) is 5.54 Å². The molecule has 2 aliphatic rings. The molecule has 1 aromatic carbocycles. The second-order valence-electron chi connectivity index (χ2n) is 9.11. The van der Waals surface area contributed by atoms with Crippen LogP contribution in [0, 0.1) is 5.92 Å². The molecule has 3 rings (SSSR count). The lowest BCUT2D eigenvalue weighted by Gasteiger charge is -2.36. The fourth-order valence-corrected chi connectivity index (χ4v) is 4.75. The van der Waals surface area contributed by atoms with Crippen molar-refractivity contribution in [3.05, 3.63) is 29.8 Å². The number of anilines is 1. The molecule has 2 saturated carbocycles. The van der Waals surface area contributed by atoms with E-state index in [1.54, 1.807) is 18.2 Å². The number of hydrogen-bond donors (Lipinski definition) is 3. The summed E-state index contributed by atoms with van der Waals surface area (Å²) in [5.74, 6) is -0.239. The molecule has 2 aliphatic carbocycles. The number of carbonyl (C=O) groups is 3. The molecular weight excluding hydrogens is 390 g/mol. The van der Waals surface area contributed by atoms with Crippen LogP contribution in [0.1, 0.15) is 94.3 Å². The van der Waals surface area contributed by atoms with Crippen LogP contribution in [-0.4, -0.2) is 29.8 Å². The van der Waals surface area contributed by atoms with Gasteiger partial charge in [0.25, 0.3) is 5.91 Å². The van der Waals surface area contributed by atoms with Crippen molar-refractivity contribution >= 4 is 23.4 Å². The zero-order valence-electron chi connectivity index (χ0n) is 18.8. The summed E-state index contributed by atoms with van der Waals surface area (Å²) in [6.07, 6.45) is 11.5. The molecule has 0 saturated heterocycles. The molecule has 31 heavy (non-hydrogen) atoms. The predicted octanol–water partition coefficient (Wildman–Crippen LogP) is 4.55. The average Bonchev–Trinajstić information content (AvgIpc) is 2.80. The number of carbonyl (C=O) groups excluding carboxylic acids is 3. The topological polar surface area (TPSA) is 87.3 Å². The molecule has 2 fully saturated rings. The third kappa shape index (κ3) is 6.31. The molecule has 0 bridgehead atoms. The Bertz CT molecular complexity index is 765. The van der Waals surface area contributed by atoms with Crippen LogP contribution in [0.15, 0.2) is 24.3 Å². The first kappa shape index (κ1) is 23.3. The van der Waals surface area contributed by atoms with Gasteiger partial charge in [0, 0.05) is 23.7 Å². The van der Waals surface area contributed by atoms with Crippen LogP contribution in [0.2, 0.25) is 0 Å². The van der Waals surface area contributed by atoms with Crippen molar-refractivity contribution in [3.63, 3.8) is 0 Å². The van der Waals surface area contributed by atoms with E-state index in [0.717, 1.165) is 57.8 Å². The standard InChI is InChI=1S/C25H37N3O3/c1-2-3-17-26-24(31)25(15-8-5-9-16-25)28-23(30)20-13-10-14-21(18-20)27-22(29)19-11-6-4-7-12-19/h10,13-14,18-19H,2-9,11-12,15-17H2,1H3,(H,26,31)(H,27,29)(H,28,30).